The van der Waals surface area contributed by atoms with Crippen molar-refractivity contribution in [3.05, 3.63) is 71.0 Å². The molecule has 2 aromatic carbocycles. The van der Waals surface area contributed by atoms with Crippen LogP contribution in [0.5, 0.6) is 0 Å². The van der Waals surface area contributed by atoms with E-state index in [1.165, 1.54) is 24.3 Å². The highest BCUT2D eigenvalue weighted by Gasteiger charge is 2.27. The molecule has 0 radical (unpaired) electrons. The zero-order chi connectivity index (χ0) is 19.2. The fraction of sp³-hybridized carbons (Fsp3) is 0.286. The fourth-order valence-corrected chi connectivity index (χ4v) is 3.03. The van der Waals surface area contributed by atoms with Gasteiger partial charge in [0.1, 0.15) is 5.82 Å². The van der Waals surface area contributed by atoms with Gasteiger partial charge in [-0.3, -0.25) is 9.59 Å². The molecule has 0 atom stereocenters. The SMILES string of the molecule is Cc1ccc(/C=N\NC(=O)C2CCN(C(=O)c3ccc(F)cc3)CC2)cc1. The first kappa shape index (κ1) is 18.8. The summed E-state index contributed by atoms with van der Waals surface area (Å²) in [5, 5.41) is 4.02. The van der Waals surface area contributed by atoms with Gasteiger partial charge in [0.2, 0.25) is 5.91 Å². The molecule has 1 aliphatic heterocycles. The minimum atomic E-state index is -0.367. The summed E-state index contributed by atoms with van der Waals surface area (Å²) in [5.41, 5.74) is 5.13. The van der Waals surface area contributed by atoms with Gasteiger partial charge in [-0.1, -0.05) is 29.8 Å². The van der Waals surface area contributed by atoms with Crippen molar-refractivity contribution in [2.24, 2.45) is 11.0 Å². The van der Waals surface area contributed by atoms with Gasteiger partial charge in [-0.2, -0.15) is 5.10 Å². The van der Waals surface area contributed by atoms with Crippen molar-refractivity contribution in [3.63, 3.8) is 0 Å². The molecule has 3 rings (SSSR count). The minimum Gasteiger partial charge on any atom is -0.339 e. The van der Waals surface area contributed by atoms with Crippen LogP contribution < -0.4 is 5.43 Å². The maximum absolute atomic E-state index is 13.0. The lowest BCUT2D eigenvalue weighted by Gasteiger charge is -2.31. The number of amides is 2. The number of nitrogens with one attached hydrogen (secondary N) is 1. The van der Waals surface area contributed by atoms with E-state index < -0.39 is 0 Å². The third-order valence-corrected chi connectivity index (χ3v) is 4.71. The molecular weight excluding hydrogens is 345 g/mol. The van der Waals surface area contributed by atoms with Gasteiger partial charge in [-0.15, -0.1) is 0 Å². The molecule has 1 N–H and O–H groups in total. The Morgan fingerprint density at radius 3 is 2.33 bits per heavy atom. The molecule has 2 aromatic rings. The maximum atomic E-state index is 13.0. The van der Waals surface area contributed by atoms with E-state index in [-0.39, 0.29) is 23.5 Å². The predicted molar refractivity (Wildman–Crippen MR) is 102 cm³/mol. The summed E-state index contributed by atoms with van der Waals surface area (Å²) in [4.78, 5) is 26.4. The van der Waals surface area contributed by atoms with Gasteiger partial charge in [0.25, 0.3) is 5.91 Å². The van der Waals surface area contributed by atoms with Crippen LogP contribution in [0.1, 0.15) is 34.3 Å². The fourth-order valence-electron chi connectivity index (χ4n) is 3.03. The molecule has 0 aromatic heterocycles. The second-order valence-corrected chi connectivity index (χ2v) is 6.72. The van der Waals surface area contributed by atoms with Crippen molar-refractivity contribution in [1.29, 1.82) is 0 Å². The second-order valence-electron chi connectivity index (χ2n) is 6.72. The van der Waals surface area contributed by atoms with Gasteiger partial charge in [-0.05, 0) is 49.6 Å². The van der Waals surface area contributed by atoms with Crippen LogP contribution in [0.25, 0.3) is 0 Å². The molecule has 1 saturated heterocycles. The maximum Gasteiger partial charge on any atom is 0.253 e. The lowest BCUT2D eigenvalue weighted by Crippen LogP contribution is -2.42. The van der Waals surface area contributed by atoms with Crippen LogP contribution in [0.15, 0.2) is 53.6 Å². The third kappa shape index (κ3) is 5.00. The quantitative estimate of drug-likeness (QED) is 0.667. The summed E-state index contributed by atoms with van der Waals surface area (Å²) in [6, 6.07) is 13.4. The molecule has 27 heavy (non-hydrogen) atoms. The molecule has 1 heterocycles. The van der Waals surface area contributed by atoms with E-state index in [4.69, 9.17) is 0 Å². The number of piperidine rings is 1. The number of aryl methyl sites for hydroxylation is 1. The Morgan fingerprint density at radius 1 is 1.07 bits per heavy atom. The summed E-state index contributed by atoms with van der Waals surface area (Å²) in [6.07, 6.45) is 2.78. The van der Waals surface area contributed by atoms with Crippen molar-refractivity contribution in [3.8, 4) is 0 Å². The Bertz CT molecular complexity index is 824. The Kier molecular flexibility index (Phi) is 5.96. The Morgan fingerprint density at radius 2 is 1.70 bits per heavy atom. The highest BCUT2D eigenvalue weighted by atomic mass is 19.1. The largest absolute Gasteiger partial charge is 0.339 e. The van der Waals surface area contributed by atoms with Crippen LogP contribution in [-0.2, 0) is 4.79 Å². The summed E-state index contributed by atoms with van der Waals surface area (Å²) in [7, 11) is 0. The van der Waals surface area contributed by atoms with E-state index in [0.29, 0.717) is 31.5 Å². The average molecular weight is 367 g/mol. The van der Waals surface area contributed by atoms with E-state index in [2.05, 4.69) is 10.5 Å². The average Bonchev–Trinajstić information content (AvgIpc) is 2.69. The smallest absolute Gasteiger partial charge is 0.253 e. The molecule has 0 unspecified atom stereocenters. The van der Waals surface area contributed by atoms with Crippen LogP contribution in [0.2, 0.25) is 0 Å². The van der Waals surface area contributed by atoms with Crippen molar-refractivity contribution >= 4 is 18.0 Å². The molecule has 0 aliphatic carbocycles. The lowest BCUT2D eigenvalue weighted by atomic mass is 9.95. The first-order valence-electron chi connectivity index (χ1n) is 8.97. The molecule has 1 fully saturated rings. The van der Waals surface area contributed by atoms with Gasteiger partial charge < -0.3 is 4.90 Å². The monoisotopic (exact) mass is 367 g/mol. The number of carbonyl (C=O) groups is 2. The van der Waals surface area contributed by atoms with Crippen molar-refractivity contribution in [2.45, 2.75) is 19.8 Å². The number of rotatable bonds is 4. The standard InChI is InChI=1S/C21H22FN3O2/c1-15-2-4-16(5-3-15)14-23-24-20(26)17-10-12-25(13-11-17)21(27)18-6-8-19(22)9-7-18/h2-9,14,17H,10-13H2,1H3,(H,24,26)/b23-14-. The Balaban J connectivity index is 1.48. The van der Waals surface area contributed by atoms with E-state index >= 15 is 0 Å². The zero-order valence-electron chi connectivity index (χ0n) is 15.2. The number of hydrogen-bond donors (Lipinski definition) is 1. The van der Waals surface area contributed by atoms with Gasteiger partial charge in [0.15, 0.2) is 0 Å². The first-order chi connectivity index (χ1) is 13.0. The Hall–Kier alpha value is -3.02. The number of nitrogens with zero attached hydrogens (tertiary/aromatic N) is 2. The molecule has 6 heteroatoms. The van der Waals surface area contributed by atoms with Gasteiger partial charge in [0, 0.05) is 24.6 Å². The van der Waals surface area contributed by atoms with E-state index in [0.717, 1.165) is 11.1 Å². The minimum absolute atomic E-state index is 0.132. The number of likely N-dealkylation sites (tertiary alicyclic amines) is 1. The summed E-state index contributed by atoms with van der Waals surface area (Å²) < 4.78 is 13.0. The third-order valence-electron chi connectivity index (χ3n) is 4.71. The summed E-state index contributed by atoms with van der Waals surface area (Å²) >= 11 is 0. The number of carbonyl (C=O) groups excluding carboxylic acids is 2. The number of hydrazone groups is 1. The Labute approximate surface area is 157 Å². The topological polar surface area (TPSA) is 61.8 Å². The molecular formula is C21H22FN3O2. The summed E-state index contributed by atoms with van der Waals surface area (Å²) in [5.74, 6) is -0.802. The highest BCUT2D eigenvalue weighted by Crippen LogP contribution is 2.19. The molecule has 5 nitrogen and oxygen atoms in total. The molecule has 0 bridgehead atoms. The molecule has 0 spiro atoms. The van der Waals surface area contributed by atoms with Crippen LogP contribution in [0.3, 0.4) is 0 Å². The highest BCUT2D eigenvalue weighted by molar-refractivity contribution is 5.94. The van der Waals surface area contributed by atoms with Crippen LogP contribution in [0, 0.1) is 18.7 Å². The van der Waals surface area contributed by atoms with Crippen LogP contribution in [0.4, 0.5) is 4.39 Å². The van der Waals surface area contributed by atoms with E-state index in [9.17, 15) is 14.0 Å². The van der Waals surface area contributed by atoms with Crippen LogP contribution in [-0.4, -0.2) is 36.0 Å². The van der Waals surface area contributed by atoms with E-state index in [1.807, 2.05) is 31.2 Å². The normalized spacial score (nSPS) is 15.1. The molecule has 0 saturated carbocycles. The summed E-state index contributed by atoms with van der Waals surface area (Å²) in [6.45, 7) is 3.00. The van der Waals surface area contributed by atoms with E-state index in [1.54, 1.807) is 11.1 Å². The van der Waals surface area contributed by atoms with Crippen molar-refractivity contribution in [2.75, 3.05) is 13.1 Å². The molecule has 1 aliphatic rings. The number of hydrogen-bond acceptors (Lipinski definition) is 3. The van der Waals surface area contributed by atoms with Gasteiger partial charge in [0.05, 0.1) is 6.21 Å². The molecule has 140 valence electrons. The van der Waals surface area contributed by atoms with Gasteiger partial charge >= 0.3 is 0 Å². The van der Waals surface area contributed by atoms with Crippen molar-refractivity contribution in [1.82, 2.24) is 10.3 Å². The number of benzene rings is 2. The number of halogens is 1. The van der Waals surface area contributed by atoms with Gasteiger partial charge in [-0.25, -0.2) is 9.82 Å². The first-order valence-corrected chi connectivity index (χ1v) is 8.97. The predicted octanol–water partition coefficient (Wildman–Crippen LogP) is 3.14. The molecule has 2 amide bonds. The van der Waals surface area contributed by atoms with Crippen molar-refractivity contribution < 1.29 is 14.0 Å². The zero-order valence-corrected chi connectivity index (χ0v) is 15.2. The van der Waals surface area contributed by atoms with Crippen LogP contribution >= 0.6 is 0 Å². The second kappa shape index (κ2) is 8.58. The lowest BCUT2D eigenvalue weighted by molar-refractivity contribution is -0.126.